The maximum Gasteiger partial charge on any atom is 0.320 e. The molecule has 0 fully saturated rings. The summed E-state index contributed by atoms with van der Waals surface area (Å²) in [7, 11) is 0. The normalized spacial score (nSPS) is 15.1. The molecular weight excluding hydrogens is 204 g/mol. The maximum absolute atomic E-state index is 11.2. The van der Waals surface area contributed by atoms with Gasteiger partial charge in [-0.2, -0.15) is 0 Å². The van der Waals surface area contributed by atoms with Crippen LogP contribution in [0.1, 0.15) is 46.5 Å². The Morgan fingerprint density at radius 2 is 2.06 bits per heavy atom. The van der Waals surface area contributed by atoms with Gasteiger partial charge in [-0.05, 0) is 39.3 Å². The number of aliphatic carboxylic acids is 1. The van der Waals surface area contributed by atoms with E-state index in [2.05, 4.69) is 25.7 Å². The summed E-state index contributed by atoms with van der Waals surface area (Å²) >= 11 is 0. The minimum atomic E-state index is -0.748. The molecule has 4 nitrogen and oxygen atoms in total. The van der Waals surface area contributed by atoms with Crippen LogP contribution in [0.2, 0.25) is 0 Å². The predicted molar refractivity (Wildman–Crippen MR) is 66.5 cm³/mol. The fourth-order valence-electron chi connectivity index (χ4n) is 1.85. The number of nitrogens with zero attached hydrogens (tertiary/aromatic N) is 1. The molecule has 2 unspecified atom stereocenters. The van der Waals surface area contributed by atoms with Crippen LogP contribution in [0.15, 0.2) is 0 Å². The van der Waals surface area contributed by atoms with Crippen LogP contribution < -0.4 is 5.73 Å². The van der Waals surface area contributed by atoms with Gasteiger partial charge in [0.1, 0.15) is 6.04 Å². The topological polar surface area (TPSA) is 66.6 Å². The van der Waals surface area contributed by atoms with E-state index in [1.165, 1.54) is 0 Å². The van der Waals surface area contributed by atoms with E-state index in [-0.39, 0.29) is 0 Å². The zero-order valence-corrected chi connectivity index (χ0v) is 10.8. The Kier molecular flexibility index (Phi) is 8.21. The van der Waals surface area contributed by atoms with Gasteiger partial charge in [0.2, 0.25) is 0 Å². The Hall–Kier alpha value is -0.610. The van der Waals surface area contributed by atoms with Crippen molar-refractivity contribution in [2.24, 2.45) is 5.73 Å². The van der Waals surface area contributed by atoms with E-state index >= 15 is 0 Å². The number of hydrogen-bond acceptors (Lipinski definition) is 3. The summed E-state index contributed by atoms with van der Waals surface area (Å²) in [5.41, 5.74) is 5.49. The fourth-order valence-corrected chi connectivity index (χ4v) is 1.85. The van der Waals surface area contributed by atoms with Crippen LogP contribution in [0.5, 0.6) is 0 Å². The predicted octanol–water partition coefficient (Wildman–Crippen LogP) is 1.69. The number of rotatable bonds is 9. The summed E-state index contributed by atoms with van der Waals surface area (Å²) in [6.07, 6.45) is 3.63. The van der Waals surface area contributed by atoms with Crippen molar-refractivity contribution < 1.29 is 9.90 Å². The summed E-state index contributed by atoms with van der Waals surface area (Å²) in [5.74, 6) is -0.748. The van der Waals surface area contributed by atoms with E-state index < -0.39 is 12.0 Å². The minimum absolute atomic E-state index is 0.305. The van der Waals surface area contributed by atoms with Gasteiger partial charge in [-0.3, -0.25) is 9.69 Å². The standard InChI is InChI=1S/C12H26N2O2/c1-4-6-9-14(10(3)5-2)11(7-8-13)12(15)16/h10-11H,4-9,13H2,1-3H3,(H,15,16). The highest BCUT2D eigenvalue weighted by atomic mass is 16.4. The minimum Gasteiger partial charge on any atom is -0.480 e. The lowest BCUT2D eigenvalue weighted by Gasteiger charge is -2.33. The third-order valence-electron chi connectivity index (χ3n) is 3.05. The molecular formula is C12H26N2O2. The second-order valence-electron chi connectivity index (χ2n) is 4.28. The average molecular weight is 230 g/mol. The van der Waals surface area contributed by atoms with Crippen molar-refractivity contribution in [1.82, 2.24) is 4.90 Å². The Labute approximate surface area is 98.8 Å². The van der Waals surface area contributed by atoms with Crippen molar-refractivity contribution in [2.75, 3.05) is 13.1 Å². The molecule has 0 bridgehead atoms. The molecule has 0 saturated heterocycles. The molecule has 16 heavy (non-hydrogen) atoms. The molecule has 2 atom stereocenters. The zero-order chi connectivity index (χ0) is 12.6. The van der Waals surface area contributed by atoms with E-state index in [0.717, 1.165) is 25.8 Å². The SMILES string of the molecule is CCCCN(C(C)CC)C(CCN)C(=O)O. The third kappa shape index (κ3) is 4.94. The number of nitrogens with two attached hydrogens (primary N) is 1. The summed E-state index contributed by atoms with van der Waals surface area (Å²) in [6.45, 7) is 7.57. The highest BCUT2D eigenvalue weighted by Gasteiger charge is 2.27. The Morgan fingerprint density at radius 3 is 2.44 bits per heavy atom. The van der Waals surface area contributed by atoms with E-state index in [9.17, 15) is 9.90 Å². The largest absolute Gasteiger partial charge is 0.480 e. The lowest BCUT2D eigenvalue weighted by molar-refractivity contribution is -0.144. The lowest BCUT2D eigenvalue weighted by atomic mass is 10.1. The Balaban J connectivity index is 4.59. The smallest absolute Gasteiger partial charge is 0.320 e. The van der Waals surface area contributed by atoms with Crippen molar-refractivity contribution in [2.45, 2.75) is 58.5 Å². The molecule has 3 N–H and O–H groups in total. The molecule has 0 aromatic heterocycles. The Bertz CT molecular complexity index is 197. The van der Waals surface area contributed by atoms with Crippen LogP contribution in [-0.2, 0) is 4.79 Å². The zero-order valence-electron chi connectivity index (χ0n) is 10.8. The molecule has 96 valence electrons. The molecule has 0 spiro atoms. The van der Waals surface area contributed by atoms with Gasteiger partial charge < -0.3 is 10.8 Å². The van der Waals surface area contributed by atoms with Gasteiger partial charge in [0.25, 0.3) is 0 Å². The highest BCUT2D eigenvalue weighted by molar-refractivity contribution is 5.73. The quantitative estimate of drug-likeness (QED) is 0.632. The first-order valence-electron chi connectivity index (χ1n) is 6.27. The van der Waals surface area contributed by atoms with Crippen molar-refractivity contribution in [1.29, 1.82) is 0 Å². The number of carboxylic acid groups (broad SMARTS) is 1. The van der Waals surface area contributed by atoms with E-state index in [4.69, 9.17) is 5.73 Å². The van der Waals surface area contributed by atoms with Gasteiger partial charge in [-0.15, -0.1) is 0 Å². The number of unbranched alkanes of at least 4 members (excludes halogenated alkanes) is 1. The van der Waals surface area contributed by atoms with Gasteiger partial charge in [0.15, 0.2) is 0 Å². The van der Waals surface area contributed by atoms with Gasteiger partial charge in [-0.1, -0.05) is 20.3 Å². The van der Waals surface area contributed by atoms with E-state index in [1.54, 1.807) is 0 Å². The van der Waals surface area contributed by atoms with Gasteiger partial charge in [0.05, 0.1) is 0 Å². The van der Waals surface area contributed by atoms with Crippen LogP contribution in [-0.4, -0.2) is 41.1 Å². The van der Waals surface area contributed by atoms with E-state index in [0.29, 0.717) is 19.0 Å². The van der Waals surface area contributed by atoms with Crippen molar-refractivity contribution in [3.05, 3.63) is 0 Å². The molecule has 4 heteroatoms. The van der Waals surface area contributed by atoms with Gasteiger partial charge in [-0.25, -0.2) is 0 Å². The number of carbonyl (C=O) groups is 1. The first-order valence-corrected chi connectivity index (χ1v) is 6.27. The molecule has 0 aliphatic heterocycles. The summed E-state index contributed by atoms with van der Waals surface area (Å²) in [5, 5.41) is 9.22. The first kappa shape index (κ1) is 15.4. The van der Waals surface area contributed by atoms with Crippen molar-refractivity contribution in [3.8, 4) is 0 Å². The maximum atomic E-state index is 11.2. The molecule has 0 radical (unpaired) electrons. The van der Waals surface area contributed by atoms with Crippen LogP contribution in [0.25, 0.3) is 0 Å². The summed E-state index contributed by atoms with van der Waals surface area (Å²) in [4.78, 5) is 13.3. The fraction of sp³-hybridized carbons (Fsp3) is 0.917. The third-order valence-corrected chi connectivity index (χ3v) is 3.05. The summed E-state index contributed by atoms with van der Waals surface area (Å²) in [6, 6.07) is -0.120. The molecule has 0 heterocycles. The van der Waals surface area contributed by atoms with E-state index in [1.807, 2.05) is 0 Å². The summed E-state index contributed by atoms with van der Waals surface area (Å²) < 4.78 is 0. The van der Waals surface area contributed by atoms with Gasteiger partial charge >= 0.3 is 5.97 Å². The van der Waals surface area contributed by atoms with Crippen molar-refractivity contribution in [3.63, 3.8) is 0 Å². The molecule has 0 aliphatic carbocycles. The first-order chi connectivity index (χ1) is 7.58. The molecule has 0 aromatic rings. The lowest BCUT2D eigenvalue weighted by Crippen LogP contribution is -2.47. The van der Waals surface area contributed by atoms with Crippen LogP contribution in [0.3, 0.4) is 0 Å². The molecule has 0 amide bonds. The average Bonchev–Trinajstić information content (AvgIpc) is 2.27. The second kappa shape index (κ2) is 8.53. The Morgan fingerprint density at radius 1 is 1.44 bits per heavy atom. The monoisotopic (exact) mass is 230 g/mol. The molecule has 0 aromatic carbocycles. The number of hydrogen-bond donors (Lipinski definition) is 2. The van der Waals surface area contributed by atoms with Crippen LogP contribution >= 0.6 is 0 Å². The molecule has 0 saturated carbocycles. The van der Waals surface area contributed by atoms with Crippen molar-refractivity contribution >= 4 is 5.97 Å². The van der Waals surface area contributed by atoms with Crippen LogP contribution in [0, 0.1) is 0 Å². The highest BCUT2D eigenvalue weighted by Crippen LogP contribution is 2.13. The van der Waals surface area contributed by atoms with Gasteiger partial charge in [0, 0.05) is 6.04 Å². The van der Waals surface area contributed by atoms with Crippen LogP contribution in [0.4, 0.5) is 0 Å². The second-order valence-corrected chi connectivity index (χ2v) is 4.28. The number of carboxylic acids is 1. The molecule has 0 aliphatic rings. The molecule has 0 rings (SSSR count).